The standard InChI is InChI=1S/C33H29F3O3.2C31H23F3O3.C15H26N4.C7H14O2.C5H8O2.H/c1-5-32(3,4)31(38)39-28-17-12-25(13-18-28)30(37)24-8-6-22(7-9-24)26-14-19-29(21(2)20-26)23-10-15-27(16-11-23)33(34,35)36;2*1-19(2)30(36)37-27-15-10-24(11-16-27)29(35)23-6-4-21(5-7-23)25-12-17-28(20(3)18-25)22-8-13-26(14-9-22)31(32,33)34;1-12(2)8-14(5,10-16)11-18-19-15(6,17-7)9-13(3)4;1-5-7(2,3)6(8)9-4;1-4(2)5(6)7-3;/h6-20H,5H2,1-4H3;2*4-18H,1H2,2-3H3;12-13H,8-9,11H2,1-6H3;5H2,1-4H3;1H2,2-3H3;/q;;;;;;-1/i;;;;;;1+1. The number of hydrogen-bond donors (Lipinski definition) is 0. The molecule has 0 fully saturated rings. The van der Waals surface area contributed by atoms with Crippen LogP contribution in [-0.4, -0.2) is 73.6 Å². The highest BCUT2D eigenvalue weighted by molar-refractivity contribution is 6.11. The van der Waals surface area contributed by atoms with Crippen molar-refractivity contribution in [2.75, 3.05) is 20.8 Å². The molecule has 26 heteroatoms. The topological polar surface area (TPSA) is 236 Å². The summed E-state index contributed by atoms with van der Waals surface area (Å²) in [5.41, 5.74) is 12.7. The summed E-state index contributed by atoms with van der Waals surface area (Å²) in [5.74, 6) is -0.451. The Morgan fingerprint density at radius 2 is 0.615 bits per heavy atom. The minimum atomic E-state index is -4.37. The van der Waals surface area contributed by atoms with Crippen molar-refractivity contribution in [3.8, 4) is 90.1 Å². The lowest BCUT2D eigenvalue weighted by Crippen LogP contribution is -2.28. The van der Waals surface area contributed by atoms with E-state index in [1.807, 2.05) is 160 Å². The van der Waals surface area contributed by atoms with Gasteiger partial charge in [-0.15, -0.1) is 5.11 Å². The quantitative estimate of drug-likeness (QED) is 0.00806. The molecule has 0 aliphatic carbocycles. The summed E-state index contributed by atoms with van der Waals surface area (Å²) in [7, 11) is 2.75. The first kappa shape index (κ1) is 119. The van der Waals surface area contributed by atoms with E-state index in [1.165, 1.54) is 50.6 Å². The molecule has 12 rings (SSSR count). The second-order valence-electron chi connectivity index (χ2n) is 38.2. The average molecular weight is 2030 g/mol. The highest BCUT2D eigenvalue weighted by atomic mass is 19.4. The van der Waals surface area contributed by atoms with E-state index < -0.39 is 63.7 Å². The zero-order chi connectivity index (χ0) is 110. The van der Waals surface area contributed by atoms with Gasteiger partial charge in [0.2, 0.25) is 0 Å². The maximum absolute atomic E-state index is 13.0. The van der Waals surface area contributed by atoms with Crippen LogP contribution < -0.4 is 14.2 Å². The lowest BCUT2D eigenvalue weighted by molar-refractivity contribution is -0.151. The number of hydrogen-bond acceptors (Lipinski definition) is 16. The maximum atomic E-state index is 13.0. The SMILES string of the molecule is C=C(C)C(=O)OC.C=C(C)C(=O)Oc1ccc(C(=O)c2ccc(-c3ccc(-c4ccc(C(F)(F)F)cc4)c(C)c3)cc2)cc1.C=C(C)C(=O)Oc1ccc(C(=O)c2ccc(-c3ccc(-c4ccc(C(F)(F)F)cc4)c(C)c3)cc2)cc1.CCC(C)(C)C(=O)OC.CCC(C)(C)C(=O)Oc1ccc(C(=O)c2ccc(-c3ccc(-c4ccc(C(F)(F)F)cc4)c(C)c3)cc2)cc1.[2H-].[C-]#[N+]C(C)(CC(C)C)N=NCC(C)(C#N)CC(C)C. The molecule has 0 aromatic heterocycles. The number of rotatable bonds is 29. The molecular weight excluding hydrogens is 1900 g/mol. The highest BCUT2D eigenvalue weighted by Crippen LogP contribution is 2.40. The van der Waals surface area contributed by atoms with E-state index in [2.05, 4.69) is 78.0 Å². The molecule has 17 nitrogen and oxygen atoms in total. The molecule has 12 aromatic rings. The van der Waals surface area contributed by atoms with Gasteiger partial charge in [0.25, 0.3) is 0 Å². The Labute approximate surface area is 862 Å². The van der Waals surface area contributed by atoms with Crippen LogP contribution in [-0.2, 0) is 52.0 Å². The van der Waals surface area contributed by atoms with Gasteiger partial charge in [0, 0.05) is 57.0 Å². The molecule has 0 saturated carbocycles. The van der Waals surface area contributed by atoms with Crippen molar-refractivity contribution in [1.82, 2.24) is 0 Å². The Bertz CT molecular complexity index is 6590. The van der Waals surface area contributed by atoms with Crippen LogP contribution in [0.1, 0.15) is 212 Å². The van der Waals surface area contributed by atoms with Crippen LogP contribution in [0.15, 0.2) is 320 Å². The number of ether oxygens (including phenoxy) is 5. The number of ketones is 3. The van der Waals surface area contributed by atoms with Crippen molar-refractivity contribution in [3.63, 3.8) is 0 Å². The predicted molar refractivity (Wildman–Crippen MR) is 563 cm³/mol. The lowest BCUT2D eigenvalue weighted by Gasteiger charge is -2.21. The molecule has 2 unspecified atom stereocenters. The summed E-state index contributed by atoms with van der Waals surface area (Å²) in [6.07, 6.45) is -10.1. The van der Waals surface area contributed by atoms with Crippen molar-refractivity contribution in [3.05, 3.63) is 388 Å². The summed E-state index contributed by atoms with van der Waals surface area (Å²) >= 11 is 0. The first-order valence-electron chi connectivity index (χ1n) is 47.4. The van der Waals surface area contributed by atoms with E-state index in [4.69, 9.17) is 20.8 Å². The molecule has 0 aliphatic rings. The fourth-order valence-corrected chi connectivity index (χ4v) is 14.6. The Kier molecular flexibility index (Phi) is 42.5. The van der Waals surface area contributed by atoms with Crippen molar-refractivity contribution in [2.45, 2.75) is 175 Å². The van der Waals surface area contributed by atoms with Crippen LogP contribution in [0.25, 0.3) is 71.6 Å². The van der Waals surface area contributed by atoms with Crippen LogP contribution in [0, 0.1) is 66.8 Å². The Hall–Kier alpha value is -15.8. The van der Waals surface area contributed by atoms with Gasteiger partial charge < -0.3 is 25.1 Å². The molecule has 148 heavy (non-hydrogen) atoms. The van der Waals surface area contributed by atoms with Crippen LogP contribution in [0.2, 0.25) is 0 Å². The molecular formula is C122H124F9N4O13-. The predicted octanol–water partition coefficient (Wildman–Crippen LogP) is 32.2. The van der Waals surface area contributed by atoms with Crippen LogP contribution >= 0.6 is 0 Å². The Balaban J connectivity index is 0.000000293. The average Bonchev–Trinajstić information content (AvgIpc) is 0.811. The van der Waals surface area contributed by atoms with Gasteiger partial charge >= 0.3 is 54.0 Å². The molecule has 0 amide bonds. The number of nitriles is 1. The summed E-state index contributed by atoms with van der Waals surface area (Å²) in [5, 5.41) is 17.6. The highest BCUT2D eigenvalue weighted by Gasteiger charge is 2.36. The number of carbonyl (C=O) groups excluding carboxylic acids is 8. The van der Waals surface area contributed by atoms with Crippen molar-refractivity contribution in [2.24, 2.45) is 38.3 Å². The molecule has 774 valence electrons. The number of benzene rings is 12. The number of methoxy groups -OCH3 is 2. The van der Waals surface area contributed by atoms with Gasteiger partial charge in [0.15, 0.2) is 17.3 Å². The number of halogens is 9. The summed E-state index contributed by atoms with van der Waals surface area (Å²) in [6, 6.07) is 75.7. The first-order valence-corrected chi connectivity index (χ1v) is 47.4. The second-order valence-corrected chi connectivity index (χ2v) is 38.2. The largest absolute Gasteiger partial charge is 1.00 e. The summed E-state index contributed by atoms with van der Waals surface area (Å²) in [4.78, 5) is 98.9. The van der Waals surface area contributed by atoms with E-state index in [0.29, 0.717) is 104 Å². The smallest absolute Gasteiger partial charge is 0.416 e. The van der Waals surface area contributed by atoms with Crippen molar-refractivity contribution in [1.29, 1.82) is 5.26 Å². The molecule has 0 spiro atoms. The fourth-order valence-electron chi connectivity index (χ4n) is 14.6. The number of carbonyl (C=O) groups is 8. The summed E-state index contributed by atoms with van der Waals surface area (Å²) < 4.78 is 140. The second kappa shape index (κ2) is 52.8. The molecule has 0 radical (unpaired) electrons. The molecule has 0 saturated heterocycles. The van der Waals surface area contributed by atoms with E-state index >= 15 is 0 Å². The van der Waals surface area contributed by atoms with Gasteiger partial charge in [-0.25, -0.2) is 21.0 Å². The zero-order valence-electron chi connectivity index (χ0n) is 87.8. The Morgan fingerprint density at radius 3 is 0.824 bits per heavy atom. The number of nitrogens with zero attached hydrogens (tertiary/aromatic N) is 4. The van der Waals surface area contributed by atoms with Gasteiger partial charge in [-0.3, -0.25) is 28.8 Å². The zero-order valence-corrected chi connectivity index (χ0v) is 86.8. The van der Waals surface area contributed by atoms with Gasteiger partial charge in [-0.2, -0.15) is 49.9 Å². The van der Waals surface area contributed by atoms with Crippen LogP contribution in [0.5, 0.6) is 17.2 Å². The van der Waals surface area contributed by atoms with Gasteiger partial charge in [-0.05, 0) is 300 Å². The third-order valence-corrected chi connectivity index (χ3v) is 23.8. The number of esters is 5. The molecule has 2 atom stereocenters. The number of aryl methyl sites for hydroxylation is 3. The maximum Gasteiger partial charge on any atom is 0.416 e. The van der Waals surface area contributed by atoms with Crippen molar-refractivity contribution >= 4 is 47.2 Å². The molecule has 0 bridgehead atoms. The first-order chi connectivity index (χ1) is 69.3. The van der Waals surface area contributed by atoms with Crippen molar-refractivity contribution < 1.29 is 103 Å². The monoisotopic (exact) mass is 2020 g/mol. The number of azo groups is 1. The third-order valence-electron chi connectivity index (χ3n) is 23.8. The van der Waals surface area contributed by atoms with Gasteiger partial charge in [0.1, 0.15) is 17.2 Å². The minimum Gasteiger partial charge on any atom is -1.00 e. The van der Waals surface area contributed by atoms with Gasteiger partial charge in [0.05, 0.1) is 66.2 Å². The molecule has 0 heterocycles. The summed E-state index contributed by atoms with van der Waals surface area (Å²) in [6.45, 7) is 51.8. The number of alkyl halides is 9. The lowest BCUT2D eigenvalue weighted by atomic mass is 9.83. The Morgan fingerprint density at radius 1 is 0.365 bits per heavy atom. The van der Waals surface area contributed by atoms with Gasteiger partial charge in [-0.1, -0.05) is 225 Å². The van der Waals surface area contributed by atoms with E-state index in [-0.39, 0.29) is 53.2 Å². The van der Waals surface area contributed by atoms with E-state index in [0.717, 1.165) is 116 Å². The fraction of sp³-hybridized carbons (Fsp3) is 0.279. The van der Waals surface area contributed by atoms with Crippen LogP contribution in [0.4, 0.5) is 39.5 Å². The third kappa shape index (κ3) is 35.0. The normalized spacial score (nSPS) is 12.0. The molecule has 0 N–H and O–H groups in total. The van der Waals surface area contributed by atoms with E-state index in [1.54, 1.807) is 137 Å². The van der Waals surface area contributed by atoms with E-state index in [9.17, 15) is 83.1 Å². The molecule has 12 aromatic carbocycles. The van der Waals surface area contributed by atoms with Crippen LogP contribution in [0.3, 0.4) is 0 Å². The molecule has 0 aliphatic heterocycles. The minimum absolute atomic E-state index is 0.